The normalized spacial score (nSPS) is 22.2. The van der Waals surface area contributed by atoms with E-state index in [2.05, 4.69) is 22.0 Å². The van der Waals surface area contributed by atoms with Gasteiger partial charge in [-0.05, 0) is 41.4 Å². The Balaban J connectivity index is 2.25. The average Bonchev–Trinajstić information content (AvgIpc) is 3.14. The van der Waals surface area contributed by atoms with Crippen molar-refractivity contribution < 1.29 is 9.90 Å². The fourth-order valence-electron chi connectivity index (χ4n) is 2.78. The van der Waals surface area contributed by atoms with Crippen molar-refractivity contribution in [2.75, 3.05) is 0 Å². The minimum absolute atomic E-state index is 0.209. The first-order valence-electron chi connectivity index (χ1n) is 6.90. The highest BCUT2D eigenvalue weighted by molar-refractivity contribution is 9.10. The zero-order chi connectivity index (χ0) is 17.8. The number of aromatic nitrogens is 1. The molecule has 1 aromatic heterocycles. The highest BCUT2D eigenvalue weighted by Gasteiger charge is 2.59. The number of rotatable bonds is 3. The first-order valence-corrected chi connectivity index (χ1v) is 8.83. The number of halogens is 4. The van der Waals surface area contributed by atoms with E-state index in [9.17, 15) is 15.2 Å². The molecule has 124 valence electrons. The topological polar surface area (TPSA) is 66.0 Å². The lowest BCUT2D eigenvalue weighted by Crippen LogP contribution is -2.15. The molecule has 1 aromatic carbocycles. The molecule has 1 fully saturated rings. The summed E-state index contributed by atoms with van der Waals surface area (Å²) in [5, 5.41) is 19.8. The molecule has 1 saturated carbocycles. The van der Waals surface area contributed by atoms with Gasteiger partial charge in [0.05, 0.1) is 31.7 Å². The van der Waals surface area contributed by atoms with Gasteiger partial charge in [-0.1, -0.05) is 40.9 Å². The number of carboxylic acids is 1. The van der Waals surface area contributed by atoms with Gasteiger partial charge in [-0.15, -0.1) is 0 Å². The molecule has 1 aliphatic rings. The van der Waals surface area contributed by atoms with Gasteiger partial charge < -0.3 is 9.67 Å². The van der Waals surface area contributed by atoms with Crippen molar-refractivity contribution in [3.05, 3.63) is 43.4 Å². The molecule has 1 N–H and O–H groups in total. The fourth-order valence-corrected chi connectivity index (χ4v) is 4.23. The highest BCUT2D eigenvalue weighted by Crippen LogP contribution is 2.59. The average molecular weight is 449 g/mol. The molecule has 0 radical (unpaired) electrons. The summed E-state index contributed by atoms with van der Waals surface area (Å²) in [6.07, 6.45) is 0.433. The van der Waals surface area contributed by atoms with Gasteiger partial charge in [-0.2, -0.15) is 5.26 Å². The molecule has 0 aliphatic heterocycles. The van der Waals surface area contributed by atoms with Crippen LogP contribution in [0.2, 0.25) is 15.2 Å². The number of nitrogens with zero attached hydrogens (tertiary/aromatic N) is 2. The van der Waals surface area contributed by atoms with Crippen molar-refractivity contribution in [1.82, 2.24) is 4.57 Å². The molecule has 24 heavy (non-hydrogen) atoms. The van der Waals surface area contributed by atoms with Crippen LogP contribution in [0.1, 0.15) is 24.9 Å². The van der Waals surface area contributed by atoms with E-state index in [4.69, 9.17) is 34.8 Å². The minimum atomic E-state index is -0.917. The SMILES string of the molecule is CC1(C(=O)O)CC1n1c(Cl)c(C#N)c(Br)c1-c1ccc(Cl)c(Cl)c1. The number of hydrogen-bond acceptors (Lipinski definition) is 2. The molecule has 2 unspecified atom stereocenters. The maximum atomic E-state index is 11.5. The monoisotopic (exact) mass is 446 g/mol. The Bertz CT molecular complexity index is 919. The van der Waals surface area contributed by atoms with Crippen LogP contribution >= 0.6 is 50.7 Å². The van der Waals surface area contributed by atoms with Crippen molar-refractivity contribution in [1.29, 1.82) is 5.26 Å². The van der Waals surface area contributed by atoms with Gasteiger partial charge in [0, 0.05) is 5.56 Å². The zero-order valence-electron chi connectivity index (χ0n) is 12.3. The van der Waals surface area contributed by atoms with Gasteiger partial charge in [-0.25, -0.2) is 0 Å². The molecule has 4 nitrogen and oxygen atoms in total. The molecule has 0 amide bonds. The summed E-state index contributed by atoms with van der Waals surface area (Å²) in [5.74, 6) is -0.896. The van der Waals surface area contributed by atoms with Crippen LogP contribution in [0, 0.1) is 16.7 Å². The standard InChI is InChI=1S/C16H10BrCl3N2O2/c1-16(15(23)24)5-11(16)22-13(12(17)8(6-21)14(22)20)7-2-3-9(18)10(19)4-7/h2-4,11H,5H2,1H3,(H,23,24). The molecular formula is C16H10BrCl3N2O2. The summed E-state index contributed by atoms with van der Waals surface area (Å²) in [7, 11) is 0. The Labute approximate surface area is 161 Å². The van der Waals surface area contributed by atoms with Gasteiger partial charge >= 0.3 is 5.97 Å². The molecule has 0 spiro atoms. The maximum Gasteiger partial charge on any atom is 0.311 e. The lowest BCUT2D eigenvalue weighted by molar-refractivity contribution is -0.143. The van der Waals surface area contributed by atoms with E-state index in [1.165, 1.54) is 0 Å². The predicted octanol–water partition coefficient (Wildman–Crippen LogP) is 5.79. The molecule has 0 saturated heterocycles. The third kappa shape index (κ3) is 2.53. The number of aliphatic carboxylic acids is 1. The second-order valence-corrected chi connectivity index (χ2v) is 7.85. The van der Waals surface area contributed by atoms with E-state index in [1.54, 1.807) is 29.7 Å². The molecule has 8 heteroatoms. The van der Waals surface area contributed by atoms with Crippen LogP contribution in [-0.4, -0.2) is 15.6 Å². The Morgan fingerprint density at radius 1 is 1.42 bits per heavy atom. The number of carboxylic acid groups (broad SMARTS) is 1. The van der Waals surface area contributed by atoms with Crippen LogP contribution in [0.15, 0.2) is 22.7 Å². The highest BCUT2D eigenvalue weighted by atomic mass is 79.9. The predicted molar refractivity (Wildman–Crippen MR) is 96.7 cm³/mol. The third-order valence-electron chi connectivity index (χ3n) is 4.38. The quantitative estimate of drug-likeness (QED) is 0.647. The minimum Gasteiger partial charge on any atom is -0.481 e. The lowest BCUT2D eigenvalue weighted by atomic mass is 10.1. The van der Waals surface area contributed by atoms with Gasteiger partial charge in [-0.3, -0.25) is 4.79 Å². The van der Waals surface area contributed by atoms with E-state index in [0.717, 1.165) is 0 Å². The summed E-state index contributed by atoms with van der Waals surface area (Å²) < 4.78 is 2.20. The Kier molecular flexibility index (Phi) is 4.38. The van der Waals surface area contributed by atoms with Crippen molar-refractivity contribution in [3.8, 4) is 17.3 Å². The maximum absolute atomic E-state index is 11.5. The molecule has 1 heterocycles. The summed E-state index contributed by atoms with van der Waals surface area (Å²) in [6, 6.07) is 6.77. The van der Waals surface area contributed by atoms with Crippen LogP contribution in [-0.2, 0) is 4.79 Å². The number of benzene rings is 1. The lowest BCUT2D eigenvalue weighted by Gasteiger charge is -2.14. The van der Waals surface area contributed by atoms with Gasteiger partial charge in [0.1, 0.15) is 16.8 Å². The van der Waals surface area contributed by atoms with E-state index < -0.39 is 11.4 Å². The third-order valence-corrected chi connectivity index (χ3v) is 6.27. The zero-order valence-corrected chi connectivity index (χ0v) is 16.1. The molecule has 2 aromatic rings. The van der Waals surface area contributed by atoms with Crippen molar-refractivity contribution in [2.24, 2.45) is 5.41 Å². The van der Waals surface area contributed by atoms with Gasteiger partial charge in [0.15, 0.2) is 0 Å². The number of hydrogen-bond donors (Lipinski definition) is 1. The second-order valence-electron chi connectivity index (χ2n) is 5.88. The smallest absolute Gasteiger partial charge is 0.311 e. The summed E-state index contributed by atoms with van der Waals surface area (Å²) >= 11 is 21.9. The summed E-state index contributed by atoms with van der Waals surface area (Å²) in [5.41, 5.74) is 0.654. The molecule has 1 aliphatic carbocycles. The number of nitriles is 1. The summed E-state index contributed by atoms with van der Waals surface area (Å²) in [6.45, 7) is 1.66. The largest absolute Gasteiger partial charge is 0.481 e. The first-order chi connectivity index (χ1) is 11.2. The summed E-state index contributed by atoms with van der Waals surface area (Å²) in [4.78, 5) is 11.5. The van der Waals surface area contributed by atoms with Crippen LogP contribution in [0.5, 0.6) is 0 Å². The van der Waals surface area contributed by atoms with E-state index in [1.807, 2.05) is 0 Å². The van der Waals surface area contributed by atoms with Gasteiger partial charge in [0.25, 0.3) is 0 Å². The van der Waals surface area contributed by atoms with Crippen LogP contribution in [0.25, 0.3) is 11.3 Å². The van der Waals surface area contributed by atoms with Gasteiger partial charge in [0.2, 0.25) is 0 Å². The van der Waals surface area contributed by atoms with Crippen LogP contribution in [0.3, 0.4) is 0 Å². The van der Waals surface area contributed by atoms with E-state index in [-0.39, 0.29) is 16.8 Å². The molecule has 2 atom stereocenters. The van der Waals surface area contributed by atoms with Crippen molar-refractivity contribution in [2.45, 2.75) is 19.4 Å². The van der Waals surface area contributed by atoms with Crippen LogP contribution < -0.4 is 0 Å². The Morgan fingerprint density at radius 3 is 2.58 bits per heavy atom. The van der Waals surface area contributed by atoms with E-state index in [0.29, 0.717) is 32.2 Å². The van der Waals surface area contributed by atoms with Crippen molar-refractivity contribution in [3.63, 3.8) is 0 Å². The molecule has 3 rings (SSSR count). The number of carbonyl (C=O) groups is 1. The second kappa shape index (κ2) is 5.96. The first kappa shape index (κ1) is 17.6. The van der Waals surface area contributed by atoms with E-state index >= 15 is 0 Å². The fraction of sp³-hybridized carbons (Fsp3) is 0.250. The Hall–Kier alpha value is -1.19. The molecular weight excluding hydrogens is 438 g/mol. The van der Waals surface area contributed by atoms with Crippen molar-refractivity contribution >= 4 is 56.7 Å². The van der Waals surface area contributed by atoms with Crippen LogP contribution in [0.4, 0.5) is 0 Å². The Morgan fingerprint density at radius 2 is 2.08 bits per heavy atom. The molecule has 0 bridgehead atoms.